The SMILES string of the molecule is O=C(NCCN1CCOCC1)c1ccc(-c2nc3cnc(NCc4ccc(F)c(F)c4)nc3n2C[C@@H]2CCCNC2)c(Cl)c1. The number of benzene rings is 2. The lowest BCUT2D eigenvalue weighted by Crippen LogP contribution is -2.41. The fourth-order valence-electron chi connectivity index (χ4n) is 5.64. The summed E-state index contributed by atoms with van der Waals surface area (Å²) in [4.78, 5) is 29.2. The second-order valence-electron chi connectivity index (χ2n) is 11.2. The maximum absolute atomic E-state index is 13.7. The predicted molar refractivity (Wildman–Crippen MR) is 165 cm³/mol. The summed E-state index contributed by atoms with van der Waals surface area (Å²) in [6, 6.07) is 9.02. The minimum absolute atomic E-state index is 0.184. The van der Waals surface area contributed by atoms with Crippen LogP contribution in [0.3, 0.4) is 0 Å². The van der Waals surface area contributed by atoms with Gasteiger partial charge in [0.25, 0.3) is 5.91 Å². The first-order valence-corrected chi connectivity index (χ1v) is 15.3. The summed E-state index contributed by atoms with van der Waals surface area (Å²) >= 11 is 6.81. The van der Waals surface area contributed by atoms with Crippen molar-refractivity contribution in [3.05, 3.63) is 70.4 Å². The standard InChI is InChI=1S/C31H35ClF2N8O2/c32-24-15-22(30(43)36-8-9-41-10-12-44-13-11-41)4-5-23(24)28-39-27-18-38-31(37-17-20-3-6-25(33)26(34)14-20)40-29(27)42(28)19-21-2-1-7-35-16-21/h3-6,14-15,18,21,35H,1-2,7-13,16-17,19H2,(H,36,43)(H,37,38,40)/t21-/m1/s1. The number of anilines is 1. The van der Waals surface area contributed by atoms with Gasteiger partial charge in [-0.1, -0.05) is 17.7 Å². The number of hydrogen-bond acceptors (Lipinski definition) is 8. The van der Waals surface area contributed by atoms with Gasteiger partial charge in [-0.2, -0.15) is 4.98 Å². The van der Waals surface area contributed by atoms with Crippen LogP contribution >= 0.6 is 11.6 Å². The molecule has 1 atom stereocenters. The number of nitrogens with one attached hydrogen (secondary N) is 3. The Hall–Kier alpha value is -3.71. The highest BCUT2D eigenvalue weighted by atomic mass is 35.5. The van der Waals surface area contributed by atoms with Gasteiger partial charge in [-0.15, -0.1) is 0 Å². The van der Waals surface area contributed by atoms with Gasteiger partial charge >= 0.3 is 0 Å². The maximum atomic E-state index is 13.7. The van der Waals surface area contributed by atoms with Crippen molar-refractivity contribution in [2.24, 2.45) is 5.92 Å². The van der Waals surface area contributed by atoms with Crippen LogP contribution < -0.4 is 16.0 Å². The van der Waals surface area contributed by atoms with Crippen LogP contribution in [0.25, 0.3) is 22.6 Å². The summed E-state index contributed by atoms with van der Waals surface area (Å²) < 4.78 is 34.5. The van der Waals surface area contributed by atoms with Crippen LogP contribution in [0.1, 0.15) is 28.8 Å². The van der Waals surface area contributed by atoms with Gasteiger partial charge in [-0.05, 0) is 67.7 Å². The van der Waals surface area contributed by atoms with Crippen LogP contribution in [0.15, 0.2) is 42.6 Å². The van der Waals surface area contributed by atoms with Crippen molar-refractivity contribution in [2.45, 2.75) is 25.9 Å². The zero-order valence-corrected chi connectivity index (χ0v) is 25.0. The Morgan fingerprint density at radius 2 is 1.98 bits per heavy atom. The lowest BCUT2D eigenvalue weighted by Gasteiger charge is -2.26. The van der Waals surface area contributed by atoms with Crippen molar-refractivity contribution >= 4 is 34.6 Å². The van der Waals surface area contributed by atoms with Gasteiger partial charge in [0.1, 0.15) is 11.3 Å². The van der Waals surface area contributed by atoms with Crippen molar-refractivity contribution < 1.29 is 18.3 Å². The predicted octanol–water partition coefficient (Wildman–Crippen LogP) is 4.10. The molecular formula is C31H35ClF2N8O2. The minimum Gasteiger partial charge on any atom is -0.379 e. The summed E-state index contributed by atoms with van der Waals surface area (Å²) in [5.41, 5.74) is 2.96. The lowest BCUT2D eigenvalue weighted by atomic mass is 9.99. The van der Waals surface area contributed by atoms with E-state index in [1.165, 1.54) is 6.07 Å². The molecule has 2 aromatic heterocycles. The topological polar surface area (TPSA) is 109 Å². The normalized spacial score (nSPS) is 17.6. The molecular weight excluding hydrogens is 590 g/mol. The number of carbonyl (C=O) groups excluding carboxylic acids is 1. The van der Waals surface area contributed by atoms with Gasteiger partial charge in [0.2, 0.25) is 5.95 Å². The number of halogens is 3. The van der Waals surface area contributed by atoms with Crippen molar-refractivity contribution in [1.29, 1.82) is 0 Å². The van der Waals surface area contributed by atoms with E-state index in [4.69, 9.17) is 26.3 Å². The highest BCUT2D eigenvalue weighted by molar-refractivity contribution is 6.33. The fourth-order valence-corrected chi connectivity index (χ4v) is 5.91. The van der Waals surface area contributed by atoms with Gasteiger partial charge in [0.15, 0.2) is 17.3 Å². The first kappa shape index (κ1) is 30.3. The molecule has 10 nitrogen and oxygen atoms in total. The Kier molecular flexibility index (Phi) is 9.60. The third-order valence-electron chi connectivity index (χ3n) is 8.05. The molecule has 4 aromatic rings. The molecule has 13 heteroatoms. The second-order valence-corrected chi connectivity index (χ2v) is 11.6. The molecule has 232 valence electrons. The van der Waals surface area contributed by atoms with E-state index < -0.39 is 11.6 Å². The van der Waals surface area contributed by atoms with E-state index in [1.54, 1.807) is 18.3 Å². The van der Waals surface area contributed by atoms with Gasteiger partial charge in [0, 0.05) is 50.4 Å². The summed E-state index contributed by atoms with van der Waals surface area (Å²) in [6.45, 7) is 7.22. The van der Waals surface area contributed by atoms with Crippen LogP contribution in [0.2, 0.25) is 5.02 Å². The van der Waals surface area contributed by atoms with E-state index in [2.05, 4.69) is 30.4 Å². The molecule has 0 spiro atoms. The molecule has 44 heavy (non-hydrogen) atoms. The highest BCUT2D eigenvalue weighted by Crippen LogP contribution is 2.32. The zero-order chi connectivity index (χ0) is 30.5. The van der Waals surface area contributed by atoms with Crippen molar-refractivity contribution in [1.82, 2.24) is 35.1 Å². The third-order valence-corrected chi connectivity index (χ3v) is 8.36. The van der Waals surface area contributed by atoms with Crippen LogP contribution in [-0.4, -0.2) is 82.8 Å². The number of carbonyl (C=O) groups is 1. The highest BCUT2D eigenvalue weighted by Gasteiger charge is 2.22. The van der Waals surface area contributed by atoms with Gasteiger partial charge in [-0.25, -0.2) is 18.7 Å². The first-order chi connectivity index (χ1) is 21.4. The van der Waals surface area contributed by atoms with E-state index >= 15 is 0 Å². The number of imidazole rings is 1. The second kappa shape index (κ2) is 13.9. The largest absolute Gasteiger partial charge is 0.379 e. The van der Waals surface area contributed by atoms with Crippen LogP contribution in [0.5, 0.6) is 0 Å². The molecule has 6 rings (SSSR count). The molecule has 2 aliphatic heterocycles. The zero-order valence-electron chi connectivity index (χ0n) is 24.3. The smallest absolute Gasteiger partial charge is 0.251 e. The third kappa shape index (κ3) is 7.15. The molecule has 0 bridgehead atoms. The Balaban J connectivity index is 1.23. The van der Waals surface area contributed by atoms with Gasteiger partial charge < -0.3 is 25.3 Å². The molecule has 1 amide bonds. The number of aromatic nitrogens is 4. The number of fused-ring (bicyclic) bond motifs is 1. The number of hydrogen-bond donors (Lipinski definition) is 3. The Labute approximate surface area is 259 Å². The van der Waals surface area contributed by atoms with Crippen LogP contribution in [0.4, 0.5) is 14.7 Å². The number of amides is 1. The lowest BCUT2D eigenvalue weighted by molar-refractivity contribution is 0.0383. The molecule has 0 aliphatic carbocycles. The molecule has 2 aliphatic rings. The van der Waals surface area contributed by atoms with Gasteiger partial charge in [0.05, 0.1) is 24.4 Å². The van der Waals surface area contributed by atoms with E-state index in [0.29, 0.717) is 76.9 Å². The number of piperidine rings is 1. The Morgan fingerprint density at radius 3 is 2.75 bits per heavy atom. The molecule has 0 radical (unpaired) electrons. The quantitative estimate of drug-likeness (QED) is 0.242. The van der Waals surface area contributed by atoms with E-state index in [1.807, 2.05) is 6.07 Å². The summed E-state index contributed by atoms with van der Waals surface area (Å²) in [6.07, 6.45) is 3.79. The first-order valence-electron chi connectivity index (χ1n) is 14.9. The average molecular weight is 625 g/mol. The molecule has 2 saturated heterocycles. The molecule has 3 N–H and O–H groups in total. The van der Waals surface area contributed by atoms with Crippen LogP contribution in [-0.2, 0) is 17.8 Å². The summed E-state index contributed by atoms with van der Waals surface area (Å²) in [5, 5.41) is 9.96. The van der Waals surface area contributed by atoms with E-state index in [9.17, 15) is 13.6 Å². The van der Waals surface area contributed by atoms with Crippen molar-refractivity contribution in [3.8, 4) is 11.4 Å². The fraction of sp³-hybridized carbons (Fsp3) is 0.419. The summed E-state index contributed by atoms with van der Waals surface area (Å²) in [5.74, 6) is -0.636. The van der Waals surface area contributed by atoms with Gasteiger partial charge in [-0.3, -0.25) is 9.69 Å². The number of nitrogens with zero attached hydrogens (tertiary/aromatic N) is 5. The number of rotatable bonds is 10. The Bertz CT molecular complexity index is 1620. The summed E-state index contributed by atoms with van der Waals surface area (Å²) in [7, 11) is 0. The number of ether oxygens (including phenoxy) is 1. The Morgan fingerprint density at radius 1 is 1.11 bits per heavy atom. The maximum Gasteiger partial charge on any atom is 0.251 e. The minimum atomic E-state index is -0.905. The number of morpholine rings is 1. The molecule has 2 fully saturated rings. The van der Waals surface area contributed by atoms with Crippen molar-refractivity contribution in [3.63, 3.8) is 0 Å². The van der Waals surface area contributed by atoms with Crippen molar-refractivity contribution in [2.75, 3.05) is 57.8 Å². The monoisotopic (exact) mass is 624 g/mol. The molecule has 0 unspecified atom stereocenters. The molecule has 0 saturated carbocycles. The van der Waals surface area contributed by atoms with E-state index in [-0.39, 0.29) is 12.5 Å². The van der Waals surface area contributed by atoms with Crippen LogP contribution in [0, 0.1) is 17.6 Å². The average Bonchev–Trinajstić information content (AvgIpc) is 3.39. The molecule has 4 heterocycles. The molecule has 2 aromatic carbocycles. The van der Waals surface area contributed by atoms with E-state index in [0.717, 1.165) is 57.7 Å².